The Bertz CT molecular complexity index is 603. The Labute approximate surface area is 127 Å². The first-order valence-corrected chi connectivity index (χ1v) is 7.99. The van der Waals surface area contributed by atoms with Crippen LogP contribution in [0, 0.1) is 0 Å². The topological polar surface area (TPSA) is 80.9 Å². The third kappa shape index (κ3) is 3.11. The van der Waals surface area contributed by atoms with Crippen LogP contribution in [0.15, 0.2) is 29.6 Å². The first-order chi connectivity index (χ1) is 10.2. The number of nitrogens with one attached hydrogen (secondary N) is 1. The van der Waals surface area contributed by atoms with E-state index in [1.54, 1.807) is 0 Å². The summed E-state index contributed by atoms with van der Waals surface area (Å²) in [5.74, 6) is -0.0784. The maximum absolute atomic E-state index is 12.3. The molecule has 6 heteroatoms. The van der Waals surface area contributed by atoms with Gasteiger partial charge in [-0.15, -0.1) is 5.10 Å². The number of aromatic nitrogens is 2. The Morgan fingerprint density at radius 3 is 2.52 bits per heavy atom. The molecule has 5 nitrogen and oxygen atoms in total. The second-order valence-electron chi connectivity index (χ2n) is 5.54. The van der Waals surface area contributed by atoms with Crippen molar-refractivity contribution in [2.24, 2.45) is 5.73 Å². The monoisotopic (exact) mass is 302 g/mol. The van der Waals surface area contributed by atoms with Crippen LogP contribution in [0.3, 0.4) is 0 Å². The summed E-state index contributed by atoms with van der Waals surface area (Å²) in [5, 5.41) is 8.84. The van der Waals surface area contributed by atoms with E-state index in [1.807, 2.05) is 29.6 Å². The highest BCUT2D eigenvalue weighted by molar-refractivity contribution is 7.03. The Balaban J connectivity index is 1.69. The van der Waals surface area contributed by atoms with Crippen LogP contribution in [0.2, 0.25) is 0 Å². The number of amides is 1. The van der Waals surface area contributed by atoms with Gasteiger partial charge in [-0.05, 0) is 36.5 Å². The Kier molecular flexibility index (Phi) is 3.98. The van der Waals surface area contributed by atoms with E-state index in [-0.39, 0.29) is 5.91 Å². The molecule has 1 fully saturated rings. The molecule has 0 bridgehead atoms. The van der Waals surface area contributed by atoms with Crippen LogP contribution in [0.4, 0.5) is 5.69 Å². The molecule has 21 heavy (non-hydrogen) atoms. The van der Waals surface area contributed by atoms with Crippen LogP contribution in [0.1, 0.15) is 32.1 Å². The molecule has 0 saturated heterocycles. The quantitative estimate of drug-likeness (QED) is 0.913. The lowest BCUT2D eigenvalue weighted by Crippen LogP contribution is -2.52. The summed E-state index contributed by atoms with van der Waals surface area (Å²) in [6, 6.07) is 7.60. The number of hydrogen-bond donors (Lipinski definition) is 2. The number of nitrogens with zero attached hydrogens (tertiary/aromatic N) is 2. The zero-order valence-corrected chi connectivity index (χ0v) is 12.5. The fourth-order valence-electron chi connectivity index (χ4n) is 2.68. The predicted molar refractivity (Wildman–Crippen MR) is 84.0 cm³/mol. The molecule has 0 spiro atoms. The van der Waals surface area contributed by atoms with Crippen molar-refractivity contribution in [3.63, 3.8) is 0 Å². The third-order valence-electron chi connectivity index (χ3n) is 4.00. The summed E-state index contributed by atoms with van der Waals surface area (Å²) in [5.41, 5.74) is 8.12. The highest BCUT2D eigenvalue weighted by Gasteiger charge is 2.35. The van der Waals surface area contributed by atoms with E-state index in [9.17, 15) is 4.79 Å². The summed E-state index contributed by atoms with van der Waals surface area (Å²) in [4.78, 5) is 12.3. The summed E-state index contributed by atoms with van der Waals surface area (Å²) >= 11 is 1.32. The number of anilines is 1. The molecule has 1 aliphatic rings. The van der Waals surface area contributed by atoms with Gasteiger partial charge in [0.25, 0.3) is 0 Å². The Morgan fingerprint density at radius 1 is 1.19 bits per heavy atom. The number of rotatable bonds is 3. The third-order valence-corrected chi connectivity index (χ3v) is 4.50. The largest absolute Gasteiger partial charge is 0.324 e. The lowest BCUT2D eigenvalue weighted by atomic mass is 9.82. The van der Waals surface area contributed by atoms with Crippen LogP contribution < -0.4 is 11.1 Å². The van der Waals surface area contributed by atoms with Gasteiger partial charge in [0.15, 0.2) is 0 Å². The fourth-order valence-corrected chi connectivity index (χ4v) is 3.15. The maximum Gasteiger partial charge on any atom is 0.244 e. The molecule has 0 aliphatic heterocycles. The van der Waals surface area contributed by atoms with E-state index < -0.39 is 5.54 Å². The lowest BCUT2D eigenvalue weighted by Gasteiger charge is -2.31. The molecule has 1 heterocycles. The maximum atomic E-state index is 12.3. The van der Waals surface area contributed by atoms with Crippen molar-refractivity contribution >= 4 is 23.1 Å². The summed E-state index contributed by atoms with van der Waals surface area (Å²) in [7, 11) is 0. The molecule has 1 amide bonds. The van der Waals surface area contributed by atoms with E-state index in [1.165, 1.54) is 18.0 Å². The van der Waals surface area contributed by atoms with Crippen molar-refractivity contribution in [2.45, 2.75) is 37.6 Å². The van der Waals surface area contributed by atoms with Gasteiger partial charge in [0.05, 0.1) is 5.54 Å². The van der Waals surface area contributed by atoms with Crippen molar-refractivity contribution < 1.29 is 4.79 Å². The molecule has 1 aromatic heterocycles. The highest BCUT2D eigenvalue weighted by atomic mass is 32.1. The highest BCUT2D eigenvalue weighted by Crippen LogP contribution is 2.27. The van der Waals surface area contributed by atoms with Gasteiger partial charge < -0.3 is 11.1 Å². The molecule has 0 unspecified atom stereocenters. The van der Waals surface area contributed by atoms with Crippen molar-refractivity contribution in [1.82, 2.24) is 9.59 Å². The van der Waals surface area contributed by atoms with Crippen molar-refractivity contribution in [1.29, 1.82) is 0 Å². The van der Waals surface area contributed by atoms with Crippen molar-refractivity contribution in [3.05, 3.63) is 29.6 Å². The molecule has 2 aromatic rings. The van der Waals surface area contributed by atoms with Crippen LogP contribution in [0.5, 0.6) is 0 Å². The van der Waals surface area contributed by atoms with Crippen LogP contribution in [0.25, 0.3) is 11.3 Å². The minimum Gasteiger partial charge on any atom is -0.324 e. The van der Waals surface area contributed by atoms with Gasteiger partial charge >= 0.3 is 0 Å². The molecular formula is C15H18N4OS. The van der Waals surface area contributed by atoms with Gasteiger partial charge in [-0.1, -0.05) is 35.9 Å². The predicted octanol–water partition coefficient (Wildman–Crippen LogP) is 2.81. The minimum absolute atomic E-state index is 0.0784. The van der Waals surface area contributed by atoms with E-state index in [0.717, 1.165) is 42.6 Å². The van der Waals surface area contributed by atoms with E-state index in [0.29, 0.717) is 0 Å². The molecule has 0 atom stereocenters. The average molecular weight is 302 g/mol. The zero-order valence-electron chi connectivity index (χ0n) is 11.7. The van der Waals surface area contributed by atoms with Gasteiger partial charge in [-0.3, -0.25) is 4.79 Å². The van der Waals surface area contributed by atoms with Crippen molar-refractivity contribution in [2.75, 3.05) is 5.32 Å². The SMILES string of the molecule is NC1(C(=O)Nc2ccc(-c3csnn3)cc2)CCCCC1. The molecule has 1 aliphatic carbocycles. The number of carbonyl (C=O) groups excluding carboxylic acids is 1. The summed E-state index contributed by atoms with van der Waals surface area (Å²) in [6.45, 7) is 0. The number of carbonyl (C=O) groups is 1. The number of benzene rings is 1. The Hall–Kier alpha value is -1.79. The van der Waals surface area contributed by atoms with E-state index >= 15 is 0 Å². The minimum atomic E-state index is -0.713. The second kappa shape index (κ2) is 5.91. The van der Waals surface area contributed by atoms with Crippen LogP contribution in [-0.4, -0.2) is 21.0 Å². The summed E-state index contributed by atoms with van der Waals surface area (Å²) in [6.07, 6.45) is 4.75. The normalized spacial score (nSPS) is 17.4. The fraction of sp³-hybridized carbons (Fsp3) is 0.400. The molecule has 3 N–H and O–H groups in total. The molecule has 1 saturated carbocycles. The van der Waals surface area contributed by atoms with E-state index in [4.69, 9.17) is 5.73 Å². The second-order valence-corrected chi connectivity index (χ2v) is 6.15. The molecule has 1 aromatic carbocycles. The zero-order chi connectivity index (χ0) is 14.7. The smallest absolute Gasteiger partial charge is 0.244 e. The van der Waals surface area contributed by atoms with Gasteiger partial charge in [0.2, 0.25) is 5.91 Å². The average Bonchev–Trinajstić information content (AvgIpc) is 3.03. The van der Waals surface area contributed by atoms with Gasteiger partial charge in [0.1, 0.15) is 5.69 Å². The van der Waals surface area contributed by atoms with Crippen LogP contribution in [-0.2, 0) is 4.79 Å². The number of nitrogens with two attached hydrogens (primary N) is 1. The van der Waals surface area contributed by atoms with Gasteiger partial charge in [-0.2, -0.15) is 0 Å². The molecular weight excluding hydrogens is 284 g/mol. The molecule has 0 radical (unpaired) electrons. The molecule has 110 valence electrons. The molecule has 3 rings (SSSR count). The van der Waals surface area contributed by atoms with Crippen LogP contribution >= 0.6 is 11.5 Å². The standard InChI is InChI=1S/C15H18N4OS/c16-15(8-2-1-3-9-15)14(20)17-12-6-4-11(5-7-12)13-10-21-19-18-13/h4-7,10H,1-3,8-9,16H2,(H,17,20). The van der Waals surface area contributed by atoms with E-state index in [2.05, 4.69) is 14.9 Å². The van der Waals surface area contributed by atoms with Gasteiger partial charge in [0, 0.05) is 16.6 Å². The summed E-state index contributed by atoms with van der Waals surface area (Å²) < 4.78 is 3.85. The Morgan fingerprint density at radius 2 is 1.90 bits per heavy atom. The lowest BCUT2D eigenvalue weighted by molar-refractivity contribution is -0.122. The number of hydrogen-bond acceptors (Lipinski definition) is 5. The first kappa shape index (κ1) is 14.2. The van der Waals surface area contributed by atoms with Gasteiger partial charge in [-0.25, -0.2) is 0 Å². The van der Waals surface area contributed by atoms with Crippen molar-refractivity contribution in [3.8, 4) is 11.3 Å². The first-order valence-electron chi connectivity index (χ1n) is 7.15.